The fourth-order valence-corrected chi connectivity index (χ4v) is 3.50. The number of hydrogen-bond acceptors (Lipinski definition) is 5. The van der Waals surface area contributed by atoms with Gasteiger partial charge in [0.2, 0.25) is 11.3 Å². The van der Waals surface area contributed by atoms with Crippen LogP contribution in [0.15, 0.2) is 90.1 Å². The first-order valence-electron chi connectivity index (χ1n) is 9.66. The van der Waals surface area contributed by atoms with Gasteiger partial charge in [0.15, 0.2) is 5.69 Å². The Morgan fingerprint density at radius 2 is 1.61 bits per heavy atom. The molecule has 1 N–H and O–H groups in total. The molecule has 0 saturated carbocycles. The van der Waals surface area contributed by atoms with Gasteiger partial charge in [-0.2, -0.15) is 15.3 Å². The minimum Gasteiger partial charge on any atom is -0.493 e. The van der Waals surface area contributed by atoms with Gasteiger partial charge in [0.1, 0.15) is 0 Å². The smallest absolute Gasteiger partial charge is 0.214 e. The van der Waals surface area contributed by atoms with Crippen molar-refractivity contribution in [2.45, 2.75) is 6.92 Å². The first-order valence-corrected chi connectivity index (χ1v) is 9.66. The molecule has 0 bridgehead atoms. The van der Waals surface area contributed by atoms with Gasteiger partial charge in [-0.15, -0.1) is 0 Å². The van der Waals surface area contributed by atoms with E-state index in [2.05, 4.69) is 15.3 Å². The minimum atomic E-state index is -0.190. The molecule has 0 aliphatic rings. The van der Waals surface area contributed by atoms with Gasteiger partial charge in [-0.3, -0.25) is 4.79 Å². The maximum absolute atomic E-state index is 12.7. The lowest BCUT2D eigenvalue weighted by atomic mass is 10.1. The summed E-state index contributed by atoms with van der Waals surface area (Å²) in [6.07, 6.45) is 4.82. The first kappa shape index (κ1) is 18.6. The van der Waals surface area contributed by atoms with Crippen LogP contribution in [0.5, 0.6) is 5.88 Å². The van der Waals surface area contributed by atoms with Crippen LogP contribution in [-0.4, -0.2) is 34.4 Å². The lowest BCUT2D eigenvalue weighted by Gasteiger charge is -2.13. The Labute approximate surface area is 177 Å². The highest BCUT2D eigenvalue weighted by Crippen LogP contribution is 2.22. The molecule has 5 aromatic rings. The third kappa shape index (κ3) is 3.29. The Kier molecular flexibility index (Phi) is 4.44. The maximum atomic E-state index is 12.7. The highest BCUT2D eigenvalue weighted by Gasteiger charge is 2.14. The Morgan fingerprint density at radius 1 is 0.839 bits per heavy atom. The molecular formula is C23H18N6O2. The molecule has 3 aromatic heterocycles. The zero-order valence-electron chi connectivity index (χ0n) is 16.6. The highest BCUT2D eigenvalue weighted by atomic mass is 16.3. The molecule has 2 aromatic carbocycles. The zero-order valence-corrected chi connectivity index (χ0v) is 16.6. The lowest BCUT2D eigenvalue weighted by Crippen LogP contribution is -2.15. The summed E-state index contributed by atoms with van der Waals surface area (Å²) < 4.78 is 4.81. The topological polar surface area (TPSA) is 90.8 Å². The van der Waals surface area contributed by atoms with E-state index >= 15 is 0 Å². The zero-order chi connectivity index (χ0) is 21.4. The second-order valence-corrected chi connectivity index (χ2v) is 7.01. The van der Waals surface area contributed by atoms with Crippen molar-refractivity contribution in [1.82, 2.24) is 29.3 Å². The van der Waals surface area contributed by atoms with E-state index in [1.54, 1.807) is 27.8 Å². The predicted molar refractivity (Wildman–Crippen MR) is 116 cm³/mol. The van der Waals surface area contributed by atoms with E-state index in [1.807, 2.05) is 55.5 Å². The van der Waals surface area contributed by atoms with Gasteiger partial charge in [-0.25, -0.2) is 14.0 Å². The van der Waals surface area contributed by atoms with Gasteiger partial charge in [0.05, 0.1) is 35.1 Å². The lowest BCUT2D eigenvalue weighted by molar-refractivity contribution is 0.433. The number of nitrogens with zero attached hydrogens (tertiary/aromatic N) is 6. The summed E-state index contributed by atoms with van der Waals surface area (Å²) in [4.78, 5) is 12.7. The molecular weight excluding hydrogens is 392 g/mol. The fourth-order valence-electron chi connectivity index (χ4n) is 3.50. The molecule has 0 atom stereocenters. The van der Waals surface area contributed by atoms with Crippen LogP contribution < -0.4 is 5.43 Å². The number of hydrogen-bond donors (Lipinski definition) is 1. The summed E-state index contributed by atoms with van der Waals surface area (Å²) >= 11 is 0. The van der Waals surface area contributed by atoms with Crippen molar-refractivity contribution in [3.63, 3.8) is 0 Å². The van der Waals surface area contributed by atoms with Gasteiger partial charge in [0, 0.05) is 18.3 Å². The van der Waals surface area contributed by atoms with E-state index in [1.165, 1.54) is 23.0 Å². The van der Waals surface area contributed by atoms with E-state index in [-0.39, 0.29) is 11.3 Å². The average Bonchev–Trinajstić information content (AvgIpc) is 3.44. The minimum absolute atomic E-state index is 0.0603. The van der Waals surface area contributed by atoms with Crippen molar-refractivity contribution >= 4 is 0 Å². The molecule has 5 rings (SSSR count). The predicted octanol–water partition coefficient (Wildman–Crippen LogP) is 3.28. The summed E-state index contributed by atoms with van der Waals surface area (Å²) in [7, 11) is 0. The number of benzene rings is 2. The Balaban J connectivity index is 1.59. The summed E-state index contributed by atoms with van der Waals surface area (Å²) in [5, 5.41) is 23.0. The SMILES string of the molecule is Cc1cc(-n2nccc2O)ccc1-n1ccc(=O)c(-c2ccnn2-c2ccccc2)n1. The van der Waals surface area contributed by atoms with Crippen LogP contribution in [0.3, 0.4) is 0 Å². The molecule has 0 aliphatic heterocycles. The molecule has 0 aliphatic carbocycles. The highest BCUT2D eigenvalue weighted by molar-refractivity contribution is 5.57. The Hall–Kier alpha value is -4.46. The van der Waals surface area contributed by atoms with Gasteiger partial charge in [-0.1, -0.05) is 18.2 Å². The largest absolute Gasteiger partial charge is 0.493 e. The maximum Gasteiger partial charge on any atom is 0.214 e. The second-order valence-electron chi connectivity index (χ2n) is 7.01. The van der Waals surface area contributed by atoms with Gasteiger partial charge in [0.25, 0.3) is 0 Å². The van der Waals surface area contributed by atoms with Gasteiger partial charge < -0.3 is 5.11 Å². The normalized spacial score (nSPS) is 11.0. The monoisotopic (exact) mass is 410 g/mol. The molecule has 8 heteroatoms. The molecule has 0 saturated heterocycles. The molecule has 31 heavy (non-hydrogen) atoms. The van der Waals surface area contributed by atoms with Crippen molar-refractivity contribution in [3.8, 4) is 34.3 Å². The standard InChI is InChI=1S/C23H18N6O2/c1-16-15-18(29-22(31)10-13-25-29)7-8-19(16)27-14-11-21(30)23(26-27)20-9-12-24-28(20)17-5-3-2-4-6-17/h2-15,31H,1H3. The second kappa shape index (κ2) is 7.42. The van der Waals surface area contributed by atoms with Crippen LogP contribution in [0.1, 0.15) is 5.56 Å². The summed E-state index contributed by atoms with van der Waals surface area (Å²) in [5.41, 5.74) is 4.02. The van der Waals surface area contributed by atoms with Gasteiger partial charge >= 0.3 is 0 Å². The molecule has 3 heterocycles. The van der Waals surface area contributed by atoms with Crippen LogP contribution in [-0.2, 0) is 0 Å². The summed E-state index contributed by atoms with van der Waals surface area (Å²) in [5.74, 6) is 0.0603. The van der Waals surface area contributed by atoms with E-state index in [0.717, 1.165) is 22.6 Å². The quantitative estimate of drug-likeness (QED) is 0.491. The molecule has 8 nitrogen and oxygen atoms in total. The molecule has 0 unspecified atom stereocenters. The Morgan fingerprint density at radius 3 is 2.35 bits per heavy atom. The van der Waals surface area contributed by atoms with Crippen molar-refractivity contribution in [2.24, 2.45) is 0 Å². The summed E-state index contributed by atoms with van der Waals surface area (Å²) in [6, 6.07) is 20.0. The molecule has 0 amide bonds. The number of aryl methyl sites for hydroxylation is 1. The number of rotatable bonds is 4. The summed E-state index contributed by atoms with van der Waals surface area (Å²) in [6.45, 7) is 1.94. The third-order valence-electron chi connectivity index (χ3n) is 4.99. The van der Waals surface area contributed by atoms with Crippen molar-refractivity contribution in [1.29, 1.82) is 0 Å². The fraction of sp³-hybridized carbons (Fsp3) is 0.0435. The molecule has 0 radical (unpaired) electrons. The van der Waals surface area contributed by atoms with Crippen LogP contribution >= 0.6 is 0 Å². The molecule has 0 fully saturated rings. The van der Waals surface area contributed by atoms with E-state index in [0.29, 0.717) is 11.4 Å². The van der Waals surface area contributed by atoms with Crippen molar-refractivity contribution in [2.75, 3.05) is 0 Å². The average molecular weight is 410 g/mol. The first-order chi connectivity index (χ1) is 15.1. The van der Waals surface area contributed by atoms with Crippen molar-refractivity contribution in [3.05, 3.63) is 101 Å². The number of aromatic hydroxyl groups is 1. The molecule has 152 valence electrons. The van der Waals surface area contributed by atoms with Crippen molar-refractivity contribution < 1.29 is 5.11 Å². The third-order valence-corrected chi connectivity index (χ3v) is 4.99. The van der Waals surface area contributed by atoms with Gasteiger partial charge in [-0.05, 0) is 48.9 Å². The van der Waals surface area contributed by atoms with E-state index < -0.39 is 0 Å². The number of para-hydroxylation sites is 1. The number of aromatic nitrogens is 6. The Bertz CT molecular complexity index is 1430. The van der Waals surface area contributed by atoms with E-state index in [9.17, 15) is 9.90 Å². The van der Waals surface area contributed by atoms with Crippen LogP contribution in [0.25, 0.3) is 28.5 Å². The van der Waals surface area contributed by atoms with Crippen LogP contribution in [0, 0.1) is 6.92 Å². The van der Waals surface area contributed by atoms with E-state index in [4.69, 9.17) is 0 Å². The molecule has 0 spiro atoms. The van der Waals surface area contributed by atoms with Crippen LogP contribution in [0.2, 0.25) is 0 Å². The van der Waals surface area contributed by atoms with Crippen LogP contribution in [0.4, 0.5) is 0 Å².